The van der Waals surface area contributed by atoms with E-state index in [1.54, 1.807) is 0 Å². The van der Waals surface area contributed by atoms with Crippen molar-refractivity contribution in [1.29, 1.82) is 0 Å². The highest BCUT2D eigenvalue weighted by atomic mass is 16.5. The third-order valence-electron chi connectivity index (χ3n) is 4.82. The molecule has 0 spiro atoms. The van der Waals surface area contributed by atoms with Crippen LogP contribution in [0.4, 0.5) is 5.95 Å². The van der Waals surface area contributed by atoms with Crippen LogP contribution in [0.1, 0.15) is 6.42 Å². The van der Waals surface area contributed by atoms with Gasteiger partial charge in [-0.25, -0.2) is 4.98 Å². The second-order valence-electron chi connectivity index (χ2n) is 6.52. The molecule has 1 saturated carbocycles. The molecule has 1 aromatic carbocycles. The highest BCUT2D eigenvalue weighted by molar-refractivity contribution is 5.84. The molecule has 4 atom stereocenters. The number of para-hydroxylation sites is 1. The maximum Gasteiger partial charge on any atom is 0.229 e. The standard InChI is InChI=1S/C17H22N4O4/c22-12-9-13(15(24)14(12)23)25-16-10-3-1-2-4-11(10)19-17(20-16)21-7-5-18-6-8-21/h1-4,12-15,18,22-24H,5-9H2. The van der Waals surface area contributed by atoms with E-state index >= 15 is 0 Å². The molecule has 1 aromatic heterocycles. The second-order valence-corrected chi connectivity index (χ2v) is 6.52. The van der Waals surface area contributed by atoms with Gasteiger partial charge in [-0.05, 0) is 12.1 Å². The van der Waals surface area contributed by atoms with Crippen LogP contribution in [0.25, 0.3) is 10.9 Å². The fourth-order valence-corrected chi connectivity index (χ4v) is 3.36. The second kappa shape index (κ2) is 6.72. The summed E-state index contributed by atoms with van der Waals surface area (Å²) in [5, 5.41) is 33.6. The largest absolute Gasteiger partial charge is 0.471 e. The van der Waals surface area contributed by atoms with Crippen LogP contribution >= 0.6 is 0 Å². The summed E-state index contributed by atoms with van der Waals surface area (Å²) in [4.78, 5) is 11.3. The van der Waals surface area contributed by atoms with Crippen LogP contribution < -0.4 is 15.0 Å². The number of nitrogens with zero attached hydrogens (tertiary/aromatic N) is 3. The molecule has 2 aliphatic rings. The summed E-state index contributed by atoms with van der Waals surface area (Å²) in [5.74, 6) is 0.952. The zero-order valence-electron chi connectivity index (χ0n) is 13.7. The van der Waals surface area contributed by atoms with Gasteiger partial charge < -0.3 is 30.3 Å². The minimum Gasteiger partial charge on any atom is -0.471 e. The Labute approximate surface area is 145 Å². The first-order valence-electron chi connectivity index (χ1n) is 8.57. The molecule has 1 aliphatic carbocycles. The first-order valence-corrected chi connectivity index (χ1v) is 8.57. The number of hydrogen-bond donors (Lipinski definition) is 4. The van der Waals surface area contributed by atoms with Crippen molar-refractivity contribution >= 4 is 16.9 Å². The highest BCUT2D eigenvalue weighted by Gasteiger charge is 2.42. The molecule has 134 valence electrons. The lowest BCUT2D eigenvalue weighted by molar-refractivity contribution is -0.0370. The molecule has 0 bridgehead atoms. The number of nitrogens with one attached hydrogen (secondary N) is 1. The van der Waals surface area contributed by atoms with E-state index < -0.39 is 24.4 Å². The lowest BCUT2D eigenvalue weighted by Crippen LogP contribution is -2.44. The predicted octanol–water partition coefficient (Wildman–Crippen LogP) is -0.727. The predicted molar refractivity (Wildman–Crippen MR) is 91.7 cm³/mol. The molecule has 2 fully saturated rings. The van der Waals surface area contributed by atoms with Gasteiger partial charge in [-0.3, -0.25) is 0 Å². The van der Waals surface area contributed by atoms with E-state index in [9.17, 15) is 15.3 Å². The van der Waals surface area contributed by atoms with Gasteiger partial charge in [0.1, 0.15) is 18.3 Å². The van der Waals surface area contributed by atoms with Gasteiger partial charge >= 0.3 is 0 Å². The summed E-state index contributed by atoms with van der Waals surface area (Å²) in [6.45, 7) is 3.35. The maximum absolute atomic E-state index is 10.1. The molecule has 0 amide bonds. The van der Waals surface area contributed by atoms with Crippen molar-refractivity contribution in [1.82, 2.24) is 15.3 Å². The third-order valence-corrected chi connectivity index (χ3v) is 4.82. The minimum atomic E-state index is -1.20. The fraction of sp³-hybridized carbons (Fsp3) is 0.529. The molecular formula is C17H22N4O4. The summed E-state index contributed by atoms with van der Waals surface area (Å²) < 4.78 is 5.91. The number of hydrogen-bond acceptors (Lipinski definition) is 8. The molecule has 2 aromatic rings. The SMILES string of the molecule is OC1CC(Oc2nc(N3CCNCC3)nc3ccccc23)C(O)C1O. The molecule has 8 heteroatoms. The van der Waals surface area contributed by atoms with Crippen molar-refractivity contribution in [3.8, 4) is 5.88 Å². The van der Waals surface area contributed by atoms with E-state index in [-0.39, 0.29) is 6.42 Å². The molecule has 4 unspecified atom stereocenters. The van der Waals surface area contributed by atoms with Gasteiger partial charge in [-0.1, -0.05) is 12.1 Å². The Kier molecular flexibility index (Phi) is 4.43. The Morgan fingerprint density at radius 2 is 1.80 bits per heavy atom. The van der Waals surface area contributed by atoms with E-state index in [4.69, 9.17) is 4.74 Å². The molecule has 4 rings (SSSR count). The van der Waals surface area contributed by atoms with Gasteiger partial charge in [-0.2, -0.15) is 4.98 Å². The number of aromatic nitrogens is 2. The molecule has 2 heterocycles. The van der Waals surface area contributed by atoms with Crippen molar-refractivity contribution < 1.29 is 20.1 Å². The number of rotatable bonds is 3. The summed E-state index contributed by atoms with van der Waals surface area (Å²) >= 11 is 0. The summed E-state index contributed by atoms with van der Waals surface area (Å²) in [6, 6.07) is 7.53. The summed E-state index contributed by atoms with van der Waals surface area (Å²) in [7, 11) is 0. The molecule has 1 saturated heterocycles. The summed E-state index contributed by atoms with van der Waals surface area (Å²) in [5.41, 5.74) is 0.759. The first-order chi connectivity index (χ1) is 12.1. The minimum absolute atomic E-state index is 0.156. The Hall–Kier alpha value is -2.00. The van der Waals surface area contributed by atoms with Crippen LogP contribution in [0.2, 0.25) is 0 Å². The molecule has 4 N–H and O–H groups in total. The fourth-order valence-electron chi connectivity index (χ4n) is 3.36. The first kappa shape index (κ1) is 16.5. The van der Waals surface area contributed by atoms with Gasteiger partial charge in [0.25, 0.3) is 0 Å². The number of aliphatic hydroxyl groups excluding tert-OH is 3. The van der Waals surface area contributed by atoms with Crippen molar-refractivity contribution in [2.45, 2.75) is 30.8 Å². The van der Waals surface area contributed by atoms with Crippen LogP contribution in [0.15, 0.2) is 24.3 Å². The van der Waals surface area contributed by atoms with Crippen LogP contribution in [-0.2, 0) is 0 Å². The van der Waals surface area contributed by atoms with Crippen molar-refractivity contribution in [2.75, 3.05) is 31.1 Å². The zero-order valence-corrected chi connectivity index (χ0v) is 13.7. The van der Waals surface area contributed by atoms with E-state index in [0.29, 0.717) is 11.8 Å². The topological polar surface area (TPSA) is 111 Å². The third kappa shape index (κ3) is 3.13. The Balaban J connectivity index is 1.69. The lowest BCUT2D eigenvalue weighted by atomic mass is 10.2. The number of ether oxygens (including phenoxy) is 1. The normalized spacial score (nSPS) is 30.0. The van der Waals surface area contributed by atoms with Crippen LogP contribution in [0.5, 0.6) is 5.88 Å². The molecular weight excluding hydrogens is 324 g/mol. The van der Waals surface area contributed by atoms with Crippen molar-refractivity contribution in [3.63, 3.8) is 0 Å². The number of benzene rings is 1. The quantitative estimate of drug-likeness (QED) is 0.576. The number of anilines is 1. The van der Waals surface area contributed by atoms with Gasteiger partial charge in [0.2, 0.25) is 11.8 Å². The highest BCUT2D eigenvalue weighted by Crippen LogP contribution is 2.30. The van der Waals surface area contributed by atoms with Crippen LogP contribution in [0.3, 0.4) is 0 Å². The molecule has 8 nitrogen and oxygen atoms in total. The Morgan fingerprint density at radius 3 is 2.52 bits per heavy atom. The summed E-state index contributed by atoms with van der Waals surface area (Å²) in [6.07, 6.45) is -3.90. The smallest absolute Gasteiger partial charge is 0.229 e. The van der Waals surface area contributed by atoms with Gasteiger partial charge in [0, 0.05) is 32.6 Å². The monoisotopic (exact) mass is 346 g/mol. The maximum atomic E-state index is 10.1. The van der Waals surface area contributed by atoms with Gasteiger partial charge in [-0.15, -0.1) is 0 Å². The van der Waals surface area contributed by atoms with Crippen LogP contribution in [-0.4, -0.2) is 75.9 Å². The number of fused-ring (bicyclic) bond motifs is 1. The molecule has 1 aliphatic heterocycles. The zero-order chi connectivity index (χ0) is 17.4. The number of piperazine rings is 1. The lowest BCUT2D eigenvalue weighted by Gasteiger charge is -2.28. The van der Waals surface area contributed by atoms with Crippen molar-refractivity contribution in [3.05, 3.63) is 24.3 Å². The van der Waals surface area contributed by atoms with Gasteiger partial charge in [0.15, 0.2) is 0 Å². The van der Waals surface area contributed by atoms with E-state index in [2.05, 4.69) is 20.2 Å². The van der Waals surface area contributed by atoms with Crippen LogP contribution in [0, 0.1) is 0 Å². The number of aliphatic hydroxyl groups is 3. The van der Waals surface area contributed by atoms with Crippen molar-refractivity contribution in [2.24, 2.45) is 0 Å². The van der Waals surface area contributed by atoms with E-state index in [0.717, 1.165) is 37.1 Å². The Bertz CT molecular complexity index is 753. The Morgan fingerprint density at radius 1 is 1.04 bits per heavy atom. The van der Waals surface area contributed by atoms with E-state index in [1.807, 2.05) is 24.3 Å². The average Bonchev–Trinajstić information content (AvgIpc) is 2.89. The van der Waals surface area contributed by atoms with Gasteiger partial charge in [0.05, 0.1) is 17.0 Å². The molecule has 25 heavy (non-hydrogen) atoms. The van der Waals surface area contributed by atoms with E-state index in [1.165, 1.54) is 0 Å². The average molecular weight is 346 g/mol. The molecule has 0 radical (unpaired) electrons.